The van der Waals surface area contributed by atoms with Crippen LogP contribution in [0.4, 0.5) is 4.39 Å². The van der Waals surface area contributed by atoms with Crippen molar-refractivity contribution in [2.24, 2.45) is 11.7 Å². The smallest absolute Gasteiger partial charge is 0.254 e. The van der Waals surface area contributed by atoms with Gasteiger partial charge in [0, 0.05) is 18.2 Å². The molecule has 4 nitrogen and oxygen atoms in total. The summed E-state index contributed by atoms with van der Waals surface area (Å²) < 4.78 is 18.7. The minimum atomic E-state index is -0.513. The molecule has 0 radical (unpaired) electrons. The van der Waals surface area contributed by atoms with Gasteiger partial charge < -0.3 is 15.4 Å². The fraction of sp³-hybridized carbons (Fsp3) is 0.562. The SMILES string of the molecule is CCN(C(=O)c1ccc(OC)c(F)c1)C1CCCC1CN. The van der Waals surface area contributed by atoms with Crippen molar-refractivity contribution in [1.82, 2.24) is 4.90 Å². The summed E-state index contributed by atoms with van der Waals surface area (Å²) in [5.74, 6) is -0.155. The van der Waals surface area contributed by atoms with Crippen LogP contribution in [0.3, 0.4) is 0 Å². The second kappa shape index (κ2) is 6.89. The van der Waals surface area contributed by atoms with Gasteiger partial charge in [-0.1, -0.05) is 6.42 Å². The molecule has 2 atom stereocenters. The molecule has 1 aliphatic rings. The van der Waals surface area contributed by atoms with Gasteiger partial charge in [-0.2, -0.15) is 0 Å². The fourth-order valence-electron chi connectivity index (χ4n) is 3.20. The Bertz CT molecular complexity index is 507. The van der Waals surface area contributed by atoms with Crippen LogP contribution in [0, 0.1) is 11.7 Å². The summed E-state index contributed by atoms with van der Waals surface area (Å²) in [6.07, 6.45) is 3.12. The lowest BCUT2D eigenvalue weighted by Gasteiger charge is -2.32. The number of carbonyl (C=O) groups is 1. The van der Waals surface area contributed by atoms with Crippen LogP contribution in [0.15, 0.2) is 18.2 Å². The number of nitrogens with two attached hydrogens (primary N) is 1. The molecule has 0 saturated heterocycles. The van der Waals surface area contributed by atoms with Crippen LogP contribution in [0.2, 0.25) is 0 Å². The standard InChI is InChI=1S/C16H23FN2O2/c1-3-19(14-6-4-5-12(14)10-18)16(20)11-7-8-15(21-2)13(17)9-11/h7-9,12,14H,3-6,10,18H2,1-2H3. The molecule has 1 aromatic carbocycles. The Hall–Kier alpha value is -1.62. The minimum Gasteiger partial charge on any atom is -0.494 e. The van der Waals surface area contributed by atoms with Crippen LogP contribution in [-0.4, -0.2) is 37.0 Å². The number of methoxy groups -OCH3 is 1. The maximum absolute atomic E-state index is 13.8. The quantitative estimate of drug-likeness (QED) is 0.907. The van der Waals surface area contributed by atoms with Crippen LogP contribution >= 0.6 is 0 Å². The predicted octanol–water partition coefficient (Wildman–Crippen LogP) is 2.42. The van der Waals surface area contributed by atoms with Gasteiger partial charge in [-0.15, -0.1) is 0 Å². The molecule has 2 N–H and O–H groups in total. The molecule has 1 aromatic rings. The van der Waals surface area contributed by atoms with Crippen LogP contribution < -0.4 is 10.5 Å². The Kier molecular flexibility index (Phi) is 5.17. The third kappa shape index (κ3) is 3.18. The van der Waals surface area contributed by atoms with Crippen molar-refractivity contribution in [2.45, 2.75) is 32.2 Å². The first-order valence-electron chi connectivity index (χ1n) is 7.46. The molecule has 1 amide bonds. The van der Waals surface area contributed by atoms with Crippen molar-refractivity contribution >= 4 is 5.91 Å². The normalized spacial score (nSPS) is 21.3. The largest absolute Gasteiger partial charge is 0.494 e. The Morgan fingerprint density at radius 3 is 2.81 bits per heavy atom. The van der Waals surface area contributed by atoms with E-state index in [1.165, 1.54) is 19.2 Å². The number of nitrogens with zero attached hydrogens (tertiary/aromatic N) is 1. The topological polar surface area (TPSA) is 55.6 Å². The number of benzene rings is 1. The van der Waals surface area contributed by atoms with E-state index >= 15 is 0 Å². The van der Waals surface area contributed by atoms with E-state index in [1.807, 2.05) is 11.8 Å². The lowest BCUT2D eigenvalue weighted by atomic mass is 10.0. The Morgan fingerprint density at radius 1 is 1.48 bits per heavy atom. The van der Waals surface area contributed by atoms with E-state index in [2.05, 4.69) is 0 Å². The average molecular weight is 294 g/mol. The molecule has 0 aromatic heterocycles. The third-order valence-corrected chi connectivity index (χ3v) is 4.32. The van der Waals surface area contributed by atoms with Crippen LogP contribution in [0.25, 0.3) is 0 Å². The van der Waals surface area contributed by atoms with Gasteiger partial charge in [0.05, 0.1) is 7.11 Å². The van der Waals surface area contributed by atoms with E-state index in [4.69, 9.17) is 10.5 Å². The highest BCUT2D eigenvalue weighted by Gasteiger charge is 2.33. The van der Waals surface area contributed by atoms with Crippen molar-refractivity contribution < 1.29 is 13.9 Å². The summed E-state index contributed by atoms with van der Waals surface area (Å²) >= 11 is 0. The molecule has 1 saturated carbocycles. The van der Waals surface area contributed by atoms with Gasteiger partial charge >= 0.3 is 0 Å². The van der Waals surface area contributed by atoms with Crippen molar-refractivity contribution in [3.8, 4) is 5.75 Å². The molecule has 2 unspecified atom stereocenters. The maximum atomic E-state index is 13.8. The van der Waals surface area contributed by atoms with Crippen LogP contribution in [0.5, 0.6) is 5.75 Å². The van der Waals surface area contributed by atoms with Gasteiger partial charge in [-0.25, -0.2) is 4.39 Å². The van der Waals surface area contributed by atoms with Gasteiger partial charge in [0.1, 0.15) is 0 Å². The summed E-state index contributed by atoms with van der Waals surface area (Å²) in [6.45, 7) is 3.14. The van der Waals surface area contributed by atoms with Gasteiger partial charge in [0.2, 0.25) is 0 Å². The number of halogens is 1. The molecular weight excluding hydrogens is 271 g/mol. The van der Waals surface area contributed by atoms with Gasteiger partial charge in [-0.3, -0.25) is 4.79 Å². The first kappa shape index (κ1) is 15.8. The molecule has 1 fully saturated rings. The fourth-order valence-corrected chi connectivity index (χ4v) is 3.20. The molecule has 21 heavy (non-hydrogen) atoms. The van der Waals surface area contributed by atoms with Crippen molar-refractivity contribution in [3.63, 3.8) is 0 Å². The molecular formula is C16H23FN2O2. The van der Waals surface area contributed by atoms with Crippen LogP contribution in [-0.2, 0) is 0 Å². The van der Waals surface area contributed by atoms with E-state index in [9.17, 15) is 9.18 Å². The summed E-state index contributed by atoms with van der Waals surface area (Å²) in [5, 5.41) is 0. The molecule has 5 heteroatoms. The Balaban J connectivity index is 2.22. The number of hydrogen-bond acceptors (Lipinski definition) is 3. The molecule has 1 aliphatic carbocycles. The molecule has 0 heterocycles. The zero-order valence-electron chi connectivity index (χ0n) is 12.6. The van der Waals surface area contributed by atoms with E-state index < -0.39 is 5.82 Å². The number of carbonyl (C=O) groups excluding carboxylic acids is 1. The number of ether oxygens (including phenoxy) is 1. The first-order valence-corrected chi connectivity index (χ1v) is 7.46. The average Bonchev–Trinajstić information content (AvgIpc) is 2.96. The number of rotatable bonds is 5. The number of hydrogen-bond donors (Lipinski definition) is 1. The second-order valence-electron chi connectivity index (χ2n) is 5.43. The molecule has 0 spiro atoms. The zero-order chi connectivity index (χ0) is 15.4. The van der Waals surface area contributed by atoms with Crippen molar-refractivity contribution in [2.75, 3.05) is 20.2 Å². The van der Waals surface area contributed by atoms with Gasteiger partial charge in [-0.05, 0) is 50.4 Å². The van der Waals surface area contributed by atoms with Crippen molar-refractivity contribution in [3.05, 3.63) is 29.6 Å². The van der Waals surface area contributed by atoms with Gasteiger partial charge in [0.15, 0.2) is 11.6 Å². The molecule has 0 aliphatic heterocycles. The van der Waals surface area contributed by atoms with Gasteiger partial charge in [0.25, 0.3) is 5.91 Å². The van der Waals surface area contributed by atoms with Crippen molar-refractivity contribution in [1.29, 1.82) is 0 Å². The predicted molar refractivity (Wildman–Crippen MR) is 79.8 cm³/mol. The lowest BCUT2D eigenvalue weighted by Crippen LogP contribution is -2.44. The second-order valence-corrected chi connectivity index (χ2v) is 5.43. The lowest BCUT2D eigenvalue weighted by molar-refractivity contribution is 0.0651. The maximum Gasteiger partial charge on any atom is 0.254 e. The molecule has 0 bridgehead atoms. The summed E-state index contributed by atoms with van der Waals surface area (Å²) in [7, 11) is 1.41. The summed E-state index contributed by atoms with van der Waals surface area (Å²) in [4.78, 5) is 14.5. The Morgan fingerprint density at radius 2 is 2.24 bits per heavy atom. The minimum absolute atomic E-state index is 0.135. The van der Waals surface area contributed by atoms with E-state index in [0.29, 0.717) is 24.6 Å². The summed E-state index contributed by atoms with van der Waals surface area (Å²) in [6, 6.07) is 4.51. The third-order valence-electron chi connectivity index (χ3n) is 4.32. The first-order chi connectivity index (χ1) is 10.1. The van der Waals surface area contributed by atoms with E-state index in [1.54, 1.807) is 6.07 Å². The highest BCUT2D eigenvalue weighted by atomic mass is 19.1. The number of amides is 1. The molecule has 2 rings (SSSR count). The zero-order valence-corrected chi connectivity index (χ0v) is 12.6. The Labute approximate surface area is 125 Å². The highest BCUT2D eigenvalue weighted by Crippen LogP contribution is 2.30. The van der Waals surface area contributed by atoms with Crippen LogP contribution in [0.1, 0.15) is 36.5 Å². The van der Waals surface area contributed by atoms with E-state index in [-0.39, 0.29) is 17.7 Å². The summed E-state index contributed by atoms with van der Waals surface area (Å²) in [5.41, 5.74) is 6.16. The van der Waals surface area contributed by atoms with E-state index in [0.717, 1.165) is 19.3 Å². The molecule has 116 valence electrons. The monoisotopic (exact) mass is 294 g/mol. The highest BCUT2D eigenvalue weighted by molar-refractivity contribution is 5.94.